The fraction of sp³-hybridized carbons (Fsp3) is 0.143. The summed E-state index contributed by atoms with van der Waals surface area (Å²) in [7, 11) is 0. The van der Waals surface area contributed by atoms with Gasteiger partial charge in [0.15, 0.2) is 0 Å². The lowest BCUT2D eigenvalue weighted by Gasteiger charge is -2.10. The van der Waals surface area contributed by atoms with Gasteiger partial charge >= 0.3 is 0 Å². The average Bonchev–Trinajstić information content (AvgIpc) is 3.06. The van der Waals surface area contributed by atoms with Crippen molar-refractivity contribution in [3.8, 4) is 22.4 Å². The number of fused-ring (bicyclic) bond motifs is 1. The van der Waals surface area contributed by atoms with Gasteiger partial charge in [0.25, 0.3) is 0 Å². The molecule has 2 aromatic carbocycles. The average molecular weight is 336 g/mol. The number of aryl methyl sites for hydroxylation is 3. The molecule has 0 bridgehead atoms. The second-order valence-electron chi connectivity index (χ2n) is 5.58. The first-order chi connectivity index (χ1) is 14.0. The topological polar surface area (TPSA) is 25.8 Å². The zero-order valence-corrected chi connectivity index (χ0v) is 13.8. The Labute approximate surface area is 154 Å². The highest BCUT2D eigenvalue weighted by atomic mass is 32.1. The van der Waals surface area contributed by atoms with Crippen molar-refractivity contribution in [2.24, 2.45) is 0 Å². The summed E-state index contributed by atoms with van der Waals surface area (Å²) in [6.07, 6.45) is 1.34. The molecule has 0 fully saturated rings. The smallest absolute Gasteiger partial charge is 0.0908 e. The molecule has 0 aliphatic heterocycles. The van der Waals surface area contributed by atoms with E-state index in [0.29, 0.717) is 16.8 Å². The second kappa shape index (κ2) is 5.84. The molecule has 0 unspecified atom stereocenters. The number of benzene rings is 2. The summed E-state index contributed by atoms with van der Waals surface area (Å²) in [5, 5.41) is 0.908. The van der Waals surface area contributed by atoms with Crippen LogP contribution in [0.5, 0.6) is 0 Å². The number of nitrogens with zero attached hydrogens (tertiary/aromatic N) is 2. The van der Waals surface area contributed by atoms with Crippen LogP contribution in [0.2, 0.25) is 0 Å². The summed E-state index contributed by atoms with van der Waals surface area (Å²) in [6, 6.07) is 14.0. The van der Waals surface area contributed by atoms with Gasteiger partial charge < -0.3 is 0 Å². The third-order valence-electron chi connectivity index (χ3n) is 3.89. The van der Waals surface area contributed by atoms with E-state index in [0.717, 1.165) is 20.8 Å². The summed E-state index contributed by atoms with van der Waals surface area (Å²) >= 11 is 1.56. The Kier molecular flexibility index (Phi) is 2.36. The Morgan fingerprint density at radius 3 is 2.75 bits per heavy atom. The Balaban J connectivity index is 1.91. The van der Waals surface area contributed by atoms with Crippen molar-refractivity contribution in [1.29, 1.82) is 0 Å². The first-order valence-corrected chi connectivity index (χ1v) is 8.34. The highest BCUT2D eigenvalue weighted by molar-refractivity contribution is 7.18. The largest absolute Gasteiger partial charge is 0.256 e. The van der Waals surface area contributed by atoms with Crippen LogP contribution in [-0.2, 0) is 0 Å². The minimum absolute atomic E-state index is 0.160. The fourth-order valence-electron chi connectivity index (χ4n) is 2.77. The van der Waals surface area contributed by atoms with Crippen LogP contribution >= 0.6 is 11.3 Å². The standard InChI is InChI=1S/C21H18N2S/c1-13-7-10-19(22-12-13)16-9-8-14(2)18(11-16)17-5-4-6-20-21(17)23-15(3)24-20/h4-12H,1-3H3/i1D3,2D3. The second-order valence-corrected chi connectivity index (χ2v) is 6.81. The van der Waals surface area contributed by atoms with Crippen LogP contribution in [0.3, 0.4) is 0 Å². The molecule has 3 heteroatoms. The maximum absolute atomic E-state index is 7.99. The summed E-state index contributed by atoms with van der Waals surface area (Å²) in [4.78, 5) is 8.90. The maximum Gasteiger partial charge on any atom is 0.0908 e. The molecule has 2 heterocycles. The van der Waals surface area contributed by atoms with Crippen molar-refractivity contribution >= 4 is 21.6 Å². The van der Waals surface area contributed by atoms with Crippen molar-refractivity contribution in [2.45, 2.75) is 20.6 Å². The van der Waals surface area contributed by atoms with E-state index in [2.05, 4.69) is 9.97 Å². The Morgan fingerprint density at radius 2 is 1.96 bits per heavy atom. The number of hydrogen-bond acceptors (Lipinski definition) is 3. The molecule has 0 N–H and O–H groups in total. The summed E-state index contributed by atoms with van der Waals surface area (Å²) < 4.78 is 47.4. The van der Waals surface area contributed by atoms with E-state index in [4.69, 9.17) is 8.22 Å². The van der Waals surface area contributed by atoms with Crippen LogP contribution < -0.4 is 0 Å². The van der Waals surface area contributed by atoms with E-state index >= 15 is 0 Å². The molecule has 0 aliphatic carbocycles. The number of rotatable bonds is 2. The fourth-order valence-corrected chi connectivity index (χ4v) is 3.62. The zero-order chi connectivity index (χ0) is 21.7. The Morgan fingerprint density at radius 1 is 1.00 bits per heavy atom. The van der Waals surface area contributed by atoms with Crippen LogP contribution in [0.1, 0.15) is 24.4 Å². The monoisotopic (exact) mass is 336 g/mol. The minimum atomic E-state index is -2.29. The Bertz CT molecular complexity index is 1220. The third-order valence-corrected chi connectivity index (χ3v) is 4.83. The Hall–Kier alpha value is -2.52. The molecule has 0 amide bonds. The van der Waals surface area contributed by atoms with Gasteiger partial charge in [-0.15, -0.1) is 11.3 Å². The molecule has 0 aliphatic rings. The molecule has 4 aromatic rings. The quantitative estimate of drug-likeness (QED) is 0.452. The number of hydrogen-bond donors (Lipinski definition) is 0. The van der Waals surface area contributed by atoms with E-state index in [9.17, 15) is 0 Å². The molecule has 2 aromatic heterocycles. The highest BCUT2D eigenvalue weighted by Gasteiger charge is 2.11. The van der Waals surface area contributed by atoms with Gasteiger partial charge in [0.1, 0.15) is 0 Å². The molecular formula is C21H18N2S. The van der Waals surface area contributed by atoms with Crippen molar-refractivity contribution in [3.05, 3.63) is 70.9 Å². The highest BCUT2D eigenvalue weighted by Crippen LogP contribution is 2.35. The van der Waals surface area contributed by atoms with Crippen molar-refractivity contribution in [2.75, 3.05) is 0 Å². The molecule has 0 saturated carbocycles. The molecule has 24 heavy (non-hydrogen) atoms. The zero-order valence-electron chi connectivity index (χ0n) is 19.0. The summed E-state index contributed by atoms with van der Waals surface area (Å²) in [5.41, 5.74) is 3.78. The van der Waals surface area contributed by atoms with Gasteiger partial charge in [0.05, 0.1) is 20.9 Å². The lowest BCUT2D eigenvalue weighted by Crippen LogP contribution is -1.89. The van der Waals surface area contributed by atoms with Gasteiger partial charge in [0.2, 0.25) is 0 Å². The van der Waals surface area contributed by atoms with Gasteiger partial charge in [-0.1, -0.05) is 30.3 Å². The van der Waals surface area contributed by atoms with Crippen molar-refractivity contribution in [3.63, 3.8) is 0 Å². The van der Waals surface area contributed by atoms with E-state index in [1.54, 1.807) is 35.6 Å². The third kappa shape index (κ3) is 2.61. The SMILES string of the molecule is [2H]C([2H])([2H])c1ccc(-c2ccc(C([2H])([2H])[2H])c(-c3cccc4sc(C)nc34)c2)nc1. The van der Waals surface area contributed by atoms with Crippen molar-refractivity contribution in [1.82, 2.24) is 9.97 Å². The van der Waals surface area contributed by atoms with Gasteiger partial charge in [-0.3, -0.25) is 4.98 Å². The van der Waals surface area contributed by atoms with E-state index in [1.165, 1.54) is 12.3 Å². The predicted molar refractivity (Wildman–Crippen MR) is 102 cm³/mol. The van der Waals surface area contributed by atoms with E-state index < -0.39 is 13.7 Å². The first-order valence-electron chi connectivity index (χ1n) is 10.5. The summed E-state index contributed by atoms with van der Waals surface area (Å²) in [5.74, 6) is 0. The number of aromatic nitrogens is 2. The molecule has 2 nitrogen and oxygen atoms in total. The van der Waals surface area contributed by atoms with Gasteiger partial charge in [0, 0.05) is 25.5 Å². The van der Waals surface area contributed by atoms with Crippen LogP contribution in [0.25, 0.3) is 32.6 Å². The molecule has 0 atom stereocenters. The molecule has 0 saturated heterocycles. The lowest BCUT2D eigenvalue weighted by atomic mass is 9.96. The van der Waals surface area contributed by atoms with Gasteiger partial charge in [-0.25, -0.2) is 4.98 Å². The molecule has 4 rings (SSSR count). The van der Waals surface area contributed by atoms with Crippen molar-refractivity contribution < 1.29 is 8.22 Å². The van der Waals surface area contributed by atoms with Crippen LogP contribution in [0, 0.1) is 20.6 Å². The van der Waals surface area contributed by atoms with E-state index in [-0.39, 0.29) is 11.1 Å². The molecule has 0 spiro atoms. The van der Waals surface area contributed by atoms with E-state index in [1.807, 2.05) is 25.1 Å². The first kappa shape index (κ1) is 9.70. The molecule has 0 radical (unpaired) electrons. The lowest BCUT2D eigenvalue weighted by molar-refractivity contribution is 1.27. The minimum Gasteiger partial charge on any atom is -0.256 e. The van der Waals surface area contributed by atoms with Gasteiger partial charge in [-0.2, -0.15) is 0 Å². The van der Waals surface area contributed by atoms with Crippen LogP contribution in [0.4, 0.5) is 0 Å². The summed E-state index contributed by atoms with van der Waals surface area (Å²) in [6.45, 7) is -2.59. The number of para-hydroxylation sites is 1. The van der Waals surface area contributed by atoms with Crippen LogP contribution in [-0.4, -0.2) is 9.97 Å². The number of thiazole rings is 1. The maximum atomic E-state index is 7.99. The van der Waals surface area contributed by atoms with Crippen LogP contribution in [0.15, 0.2) is 54.7 Å². The van der Waals surface area contributed by atoms with Gasteiger partial charge in [-0.05, 0) is 55.5 Å². The molecular weight excluding hydrogens is 312 g/mol. The molecule has 118 valence electrons. The number of pyridine rings is 1. The normalized spacial score (nSPS) is 15.9. The predicted octanol–water partition coefficient (Wildman–Crippen LogP) is 5.95.